The molecule has 0 spiro atoms. The van der Waals surface area contributed by atoms with Crippen LogP contribution in [0.1, 0.15) is 37.8 Å². The zero-order valence-electron chi connectivity index (χ0n) is 16.1. The Morgan fingerprint density at radius 1 is 1.21 bits per heavy atom. The van der Waals surface area contributed by atoms with Crippen LogP contribution in [0.2, 0.25) is 0 Å². The van der Waals surface area contributed by atoms with E-state index in [2.05, 4.69) is 6.07 Å². The standard InChI is InChI=1S/C23H23N3O2/c1-17(2)26(21-6-3-5-19(15-21)16-24)23(28)13-10-18-8-11-20(12-9-18)25-14-4-7-22(25)27/h3,5-6,8-13,15,17H,4,7,14H2,1-2H3/b13-10+. The Morgan fingerprint density at radius 2 is 1.96 bits per heavy atom. The highest BCUT2D eigenvalue weighted by Gasteiger charge is 2.21. The van der Waals surface area contributed by atoms with Gasteiger partial charge in [0.15, 0.2) is 0 Å². The summed E-state index contributed by atoms with van der Waals surface area (Å²) in [5.41, 5.74) is 3.00. The van der Waals surface area contributed by atoms with Crippen molar-refractivity contribution in [1.29, 1.82) is 5.26 Å². The second-order valence-electron chi connectivity index (χ2n) is 7.04. The Hall–Kier alpha value is -3.39. The van der Waals surface area contributed by atoms with Crippen molar-refractivity contribution in [2.24, 2.45) is 0 Å². The average molecular weight is 373 g/mol. The fourth-order valence-corrected chi connectivity index (χ4v) is 3.34. The van der Waals surface area contributed by atoms with Crippen LogP contribution in [0.15, 0.2) is 54.6 Å². The van der Waals surface area contributed by atoms with Crippen LogP contribution in [0, 0.1) is 11.3 Å². The Bertz CT molecular complexity index is 939. The number of benzene rings is 2. The van der Waals surface area contributed by atoms with Gasteiger partial charge in [-0.3, -0.25) is 9.59 Å². The van der Waals surface area contributed by atoms with Crippen molar-refractivity contribution in [3.63, 3.8) is 0 Å². The largest absolute Gasteiger partial charge is 0.312 e. The molecule has 0 aliphatic carbocycles. The van der Waals surface area contributed by atoms with Crippen LogP contribution in [0.3, 0.4) is 0 Å². The summed E-state index contributed by atoms with van der Waals surface area (Å²) >= 11 is 0. The third-order valence-electron chi connectivity index (χ3n) is 4.70. The second-order valence-corrected chi connectivity index (χ2v) is 7.04. The fraction of sp³-hybridized carbons (Fsp3) is 0.261. The molecule has 28 heavy (non-hydrogen) atoms. The molecule has 0 radical (unpaired) electrons. The molecule has 0 N–H and O–H groups in total. The van der Waals surface area contributed by atoms with Crippen molar-refractivity contribution in [3.05, 3.63) is 65.7 Å². The molecule has 1 aliphatic heterocycles. The van der Waals surface area contributed by atoms with Crippen LogP contribution in [-0.4, -0.2) is 24.4 Å². The molecule has 0 saturated carbocycles. The molecule has 1 heterocycles. The molecule has 1 fully saturated rings. The number of rotatable bonds is 5. The average Bonchev–Trinajstić information content (AvgIpc) is 3.12. The van der Waals surface area contributed by atoms with Crippen molar-refractivity contribution in [1.82, 2.24) is 0 Å². The van der Waals surface area contributed by atoms with Gasteiger partial charge < -0.3 is 9.80 Å². The molecule has 1 saturated heterocycles. The van der Waals surface area contributed by atoms with Crippen LogP contribution in [0.4, 0.5) is 11.4 Å². The number of nitrogens with zero attached hydrogens (tertiary/aromatic N) is 3. The van der Waals surface area contributed by atoms with E-state index in [1.165, 1.54) is 6.08 Å². The lowest BCUT2D eigenvalue weighted by Gasteiger charge is -2.25. The van der Waals surface area contributed by atoms with E-state index in [0.717, 1.165) is 24.2 Å². The van der Waals surface area contributed by atoms with E-state index in [9.17, 15) is 9.59 Å². The minimum absolute atomic E-state index is 0.0466. The van der Waals surface area contributed by atoms with Gasteiger partial charge in [0.2, 0.25) is 5.91 Å². The summed E-state index contributed by atoms with van der Waals surface area (Å²) in [7, 11) is 0. The summed E-state index contributed by atoms with van der Waals surface area (Å²) in [5, 5.41) is 9.10. The number of nitriles is 1. The molecular weight excluding hydrogens is 350 g/mol. The summed E-state index contributed by atoms with van der Waals surface area (Å²) < 4.78 is 0. The highest BCUT2D eigenvalue weighted by molar-refractivity contribution is 6.04. The lowest BCUT2D eigenvalue weighted by atomic mass is 10.1. The maximum atomic E-state index is 12.8. The molecule has 2 aromatic rings. The molecule has 0 bridgehead atoms. The third kappa shape index (κ3) is 4.29. The van der Waals surface area contributed by atoms with E-state index in [1.807, 2.05) is 44.2 Å². The molecule has 5 heteroatoms. The zero-order valence-corrected chi connectivity index (χ0v) is 16.1. The molecular formula is C23H23N3O2. The summed E-state index contributed by atoms with van der Waals surface area (Å²) in [6.45, 7) is 4.64. The summed E-state index contributed by atoms with van der Waals surface area (Å²) in [6, 6.07) is 16.7. The molecule has 142 valence electrons. The number of amides is 2. The molecule has 3 rings (SSSR count). The first kappa shape index (κ1) is 19.4. The minimum Gasteiger partial charge on any atom is -0.312 e. The second kappa shape index (κ2) is 8.53. The van der Waals surface area contributed by atoms with Gasteiger partial charge in [0.25, 0.3) is 5.91 Å². The Kier molecular flexibility index (Phi) is 5.90. The molecule has 2 amide bonds. The fourth-order valence-electron chi connectivity index (χ4n) is 3.34. The molecule has 1 aliphatic rings. The van der Waals surface area contributed by atoms with Crippen molar-refractivity contribution in [2.45, 2.75) is 32.7 Å². The Balaban J connectivity index is 1.75. The lowest BCUT2D eigenvalue weighted by Crippen LogP contribution is -2.35. The predicted molar refractivity (Wildman–Crippen MR) is 111 cm³/mol. The van der Waals surface area contributed by atoms with E-state index in [-0.39, 0.29) is 17.9 Å². The number of anilines is 2. The van der Waals surface area contributed by atoms with Gasteiger partial charge in [0, 0.05) is 36.5 Å². The maximum absolute atomic E-state index is 12.8. The monoisotopic (exact) mass is 373 g/mol. The van der Waals surface area contributed by atoms with Gasteiger partial charge in [-0.05, 0) is 62.2 Å². The number of hydrogen-bond donors (Lipinski definition) is 0. The number of carbonyl (C=O) groups excluding carboxylic acids is 2. The van der Waals surface area contributed by atoms with E-state index < -0.39 is 0 Å². The van der Waals surface area contributed by atoms with E-state index >= 15 is 0 Å². The topological polar surface area (TPSA) is 64.4 Å². The van der Waals surface area contributed by atoms with Crippen molar-refractivity contribution in [3.8, 4) is 6.07 Å². The number of carbonyl (C=O) groups is 2. The maximum Gasteiger partial charge on any atom is 0.251 e. The summed E-state index contributed by atoms with van der Waals surface area (Å²) in [6.07, 6.45) is 4.80. The first-order chi connectivity index (χ1) is 13.5. The quantitative estimate of drug-likeness (QED) is 0.740. The van der Waals surface area contributed by atoms with E-state index in [1.54, 1.807) is 34.1 Å². The Morgan fingerprint density at radius 3 is 2.57 bits per heavy atom. The van der Waals surface area contributed by atoms with E-state index in [4.69, 9.17) is 5.26 Å². The normalized spacial score (nSPS) is 13.9. The molecule has 0 atom stereocenters. The molecule has 0 aromatic heterocycles. The van der Waals surface area contributed by atoms with Crippen LogP contribution in [-0.2, 0) is 9.59 Å². The van der Waals surface area contributed by atoms with Crippen LogP contribution in [0.5, 0.6) is 0 Å². The van der Waals surface area contributed by atoms with Crippen molar-refractivity contribution < 1.29 is 9.59 Å². The highest BCUT2D eigenvalue weighted by atomic mass is 16.2. The van der Waals surface area contributed by atoms with Gasteiger partial charge in [-0.25, -0.2) is 0 Å². The first-order valence-electron chi connectivity index (χ1n) is 9.41. The molecule has 2 aromatic carbocycles. The number of hydrogen-bond acceptors (Lipinski definition) is 3. The SMILES string of the molecule is CC(C)N(C(=O)/C=C/c1ccc(N2CCCC2=O)cc1)c1cccc(C#N)c1. The zero-order chi connectivity index (χ0) is 20.1. The third-order valence-corrected chi connectivity index (χ3v) is 4.70. The van der Waals surface area contributed by atoms with Gasteiger partial charge in [0.1, 0.15) is 0 Å². The Labute approximate surface area is 165 Å². The van der Waals surface area contributed by atoms with Crippen molar-refractivity contribution in [2.75, 3.05) is 16.3 Å². The highest BCUT2D eigenvalue weighted by Crippen LogP contribution is 2.23. The molecule has 5 nitrogen and oxygen atoms in total. The van der Waals surface area contributed by atoms with Gasteiger partial charge in [0.05, 0.1) is 11.6 Å². The lowest BCUT2D eigenvalue weighted by molar-refractivity contribution is -0.117. The molecule has 0 unspecified atom stereocenters. The summed E-state index contributed by atoms with van der Waals surface area (Å²) in [4.78, 5) is 28.1. The van der Waals surface area contributed by atoms with Gasteiger partial charge >= 0.3 is 0 Å². The smallest absolute Gasteiger partial charge is 0.251 e. The van der Waals surface area contributed by atoms with Gasteiger partial charge in [-0.2, -0.15) is 5.26 Å². The van der Waals surface area contributed by atoms with Gasteiger partial charge in [-0.1, -0.05) is 18.2 Å². The minimum atomic E-state index is -0.149. The van der Waals surface area contributed by atoms with Gasteiger partial charge in [-0.15, -0.1) is 0 Å². The first-order valence-corrected chi connectivity index (χ1v) is 9.41. The van der Waals surface area contributed by atoms with Crippen molar-refractivity contribution >= 4 is 29.3 Å². The summed E-state index contributed by atoms with van der Waals surface area (Å²) in [5.74, 6) is 0.00883. The predicted octanol–water partition coefficient (Wildman–Crippen LogP) is 4.14. The van der Waals surface area contributed by atoms with Crippen LogP contribution in [0.25, 0.3) is 6.08 Å². The van der Waals surface area contributed by atoms with Crippen LogP contribution >= 0.6 is 0 Å². The van der Waals surface area contributed by atoms with Crippen LogP contribution < -0.4 is 9.80 Å². The van der Waals surface area contributed by atoms with E-state index in [0.29, 0.717) is 17.7 Å².